The predicted octanol–water partition coefficient (Wildman–Crippen LogP) is 4.62. The van der Waals surface area contributed by atoms with Gasteiger partial charge in [-0.05, 0) is 42.5 Å². The van der Waals surface area contributed by atoms with Crippen molar-refractivity contribution in [2.24, 2.45) is 5.10 Å². The molecule has 3 aromatic rings. The number of ether oxygens (including phenoxy) is 1. The van der Waals surface area contributed by atoms with Gasteiger partial charge in [-0.15, -0.1) is 0 Å². The Morgan fingerprint density at radius 2 is 1.84 bits per heavy atom. The van der Waals surface area contributed by atoms with E-state index in [-0.39, 0.29) is 26.9 Å². The molecule has 0 bridgehead atoms. The van der Waals surface area contributed by atoms with Crippen LogP contribution in [0.25, 0.3) is 0 Å². The van der Waals surface area contributed by atoms with Crippen molar-refractivity contribution in [3.05, 3.63) is 93.0 Å². The first-order valence-electron chi connectivity index (χ1n) is 10.4. The van der Waals surface area contributed by atoms with Crippen molar-refractivity contribution >= 4 is 45.1 Å². The molecular weight excluding hydrogens is 553 g/mol. The van der Waals surface area contributed by atoms with Crippen LogP contribution in [-0.4, -0.2) is 39.1 Å². The van der Waals surface area contributed by atoms with Crippen molar-refractivity contribution in [2.45, 2.75) is 11.1 Å². The maximum absolute atomic E-state index is 13.3. The number of hydrogen-bond acceptors (Lipinski definition) is 7. The Kier molecular flexibility index (Phi) is 8.58. The molecule has 10 nitrogen and oxygen atoms in total. The minimum absolute atomic E-state index is 0.00379. The number of nitrogens with zero attached hydrogens (tertiary/aromatic N) is 3. The first-order valence-corrected chi connectivity index (χ1v) is 12.2. The fourth-order valence-electron chi connectivity index (χ4n) is 3.17. The second-order valence-corrected chi connectivity index (χ2v) is 9.74. The minimum Gasteiger partial charge on any atom is -0.490 e. The van der Waals surface area contributed by atoms with Crippen LogP contribution in [0.5, 0.6) is 5.75 Å². The van der Waals surface area contributed by atoms with Crippen LogP contribution in [-0.2, 0) is 21.0 Å². The summed E-state index contributed by atoms with van der Waals surface area (Å²) in [6.07, 6.45) is -3.76. The summed E-state index contributed by atoms with van der Waals surface area (Å²) in [5.74, 6) is -1.03. The van der Waals surface area contributed by atoms with Crippen LogP contribution in [0.1, 0.15) is 11.1 Å². The Morgan fingerprint density at radius 1 is 1.16 bits per heavy atom. The lowest BCUT2D eigenvalue weighted by Gasteiger charge is -2.25. The number of carbonyl (C=O) groups excluding carboxylic acids is 1. The molecule has 0 aromatic heterocycles. The van der Waals surface area contributed by atoms with Gasteiger partial charge in [0.15, 0.2) is 5.75 Å². The number of anilines is 1. The number of amides is 1. The van der Waals surface area contributed by atoms with E-state index in [1.807, 2.05) is 0 Å². The Morgan fingerprint density at radius 3 is 2.45 bits per heavy atom. The second-order valence-electron chi connectivity index (χ2n) is 7.47. The Hall–Kier alpha value is -4.17. The lowest BCUT2D eigenvalue weighted by atomic mass is 10.2. The molecule has 3 rings (SSSR count). The number of methoxy groups -OCH3 is 1. The summed E-state index contributed by atoms with van der Waals surface area (Å²) in [7, 11) is -3.30. The van der Waals surface area contributed by atoms with Gasteiger partial charge in [-0.3, -0.25) is 19.2 Å². The number of carbonyl (C=O) groups is 1. The van der Waals surface area contributed by atoms with Crippen LogP contribution in [0.2, 0.25) is 5.02 Å². The van der Waals surface area contributed by atoms with E-state index in [2.05, 4.69) is 10.5 Å². The number of rotatable bonds is 9. The van der Waals surface area contributed by atoms with Gasteiger partial charge in [-0.1, -0.05) is 29.8 Å². The van der Waals surface area contributed by atoms with Crippen LogP contribution in [0.15, 0.2) is 76.7 Å². The van der Waals surface area contributed by atoms with E-state index >= 15 is 0 Å². The van der Waals surface area contributed by atoms with Crippen LogP contribution >= 0.6 is 11.6 Å². The molecule has 0 atom stereocenters. The summed E-state index contributed by atoms with van der Waals surface area (Å²) in [6.45, 7) is -0.988. The Bertz CT molecular complexity index is 1480. The van der Waals surface area contributed by atoms with E-state index < -0.39 is 44.8 Å². The van der Waals surface area contributed by atoms with Crippen molar-refractivity contribution in [3.63, 3.8) is 0 Å². The second kappa shape index (κ2) is 11.5. The van der Waals surface area contributed by atoms with Gasteiger partial charge in [0.1, 0.15) is 6.54 Å². The van der Waals surface area contributed by atoms with E-state index in [0.717, 1.165) is 18.3 Å². The molecule has 0 heterocycles. The predicted molar refractivity (Wildman–Crippen MR) is 133 cm³/mol. The highest BCUT2D eigenvalue weighted by atomic mass is 35.5. The van der Waals surface area contributed by atoms with E-state index in [9.17, 15) is 36.5 Å². The zero-order valence-corrected chi connectivity index (χ0v) is 20.9. The number of hydrazone groups is 1. The number of hydrogen-bond donors (Lipinski definition) is 1. The third-order valence-corrected chi connectivity index (χ3v) is 7.06. The van der Waals surface area contributed by atoms with Gasteiger partial charge < -0.3 is 4.74 Å². The third kappa shape index (κ3) is 6.58. The quantitative estimate of drug-likeness (QED) is 0.227. The fourth-order valence-corrected chi connectivity index (χ4v) is 4.90. The average Bonchev–Trinajstić information content (AvgIpc) is 2.87. The van der Waals surface area contributed by atoms with E-state index in [1.165, 1.54) is 49.6 Å². The summed E-state index contributed by atoms with van der Waals surface area (Å²) < 4.78 is 72.0. The molecule has 0 aliphatic rings. The summed E-state index contributed by atoms with van der Waals surface area (Å²) in [5.41, 5.74) is 0.147. The van der Waals surface area contributed by atoms with Crippen molar-refractivity contribution < 1.29 is 36.0 Å². The van der Waals surface area contributed by atoms with Gasteiger partial charge in [0, 0.05) is 11.6 Å². The van der Waals surface area contributed by atoms with Gasteiger partial charge in [0.25, 0.3) is 15.9 Å². The molecule has 200 valence electrons. The molecule has 0 fully saturated rings. The molecule has 38 heavy (non-hydrogen) atoms. The van der Waals surface area contributed by atoms with Crippen LogP contribution in [0.4, 0.5) is 24.5 Å². The molecule has 3 aromatic carbocycles. The molecule has 1 N–H and O–H groups in total. The number of benzene rings is 3. The van der Waals surface area contributed by atoms with E-state index in [4.69, 9.17) is 16.3 Å². The van der Waals surface area contributed by atoms with Gasteiger partial charge >= 0.3 is 11.9 Å². The topological polar surface area (TPSA) is 131 Å². The van der Waals surface area contributed by atoms with Crippen LogP contribution in [0.3, 0.4) is 0 Å². The molecule has 0 saturated heterocycles. The number of halogens is 4. The third-order valence-electron chi connectivity index (χ3n) is 4.96. The lowest BCUT2D eigenvalue weighted by Crippen LogP contribution is -2.40. The molecule has 0 unspecified atom stereocenters. The maximum atomic E-state index is 13.3. The smallest absolute Gasteiger partial charge is 0.416 e. The standard InChI is InChI=1S/C23H18ClF3N4O6S/c1-37-21-10-7-15(11-20(21)31(33)34)13-28-29-22(32)14-30(38(35,36)17-5-3-2-4-6-17)19-12-16(23(25,26)27)8-9-18(19)24/h2-13H,14H2,1H3,(H,29,32)/b28-13+. The van der Waals surface area contributed by atoms with Crippen molar-refractivity contribution in [2.75, 3.05) is 18.0 Å². The molecule has 0 radical (unpaired) electrons. The van der Waals surface area contributed by atoms with Gasteiger partial charge in [-0.25, -0.2) is 13.8 Å². The molecular formula is C23H18ClF3N4O6S. The average molecular weight is 571 g/mol. The first kappa shape index (κ1) is 28.4. The zero-order chi connectivity index (χ0) is 28.1. The minimum atomic E-state index is -4.81. The summed E-state index contributed by atoms with van der Waals surface area (Å²) in [5, 5.41) is 14.5. The van der Waals surface area contributed by atoms with Gasteiger partial charge in [-0.2, -0.15) is 18.3 Å². The Balaban J connectivity index is 1.93. The largest absolute Gasteiger partial charge is 0.490 e. The van der Waals surface area contributed by atoms with Crippen molar-refractivity contribution in [1.82, 2.24) is 5.43 Å². The highest BCUT2D eigenvalue weighted by molar-refractivity contribution is 7.92. The van der Waals surface area contributed by atoms with Gasteiger partial charge in [0.05, 0.1) is 39.4 Å². The highest BCUT2D eigenvalue weighted by Gasteiger charge is 2.34. The van der Waals surface area contributed by atoms with Crippen LogP contribution < -0.4 is 14.5 Å². The summed E-state index contributed by atoms with van der Waals surface area (Å²) in [6, 6.07) is 12.7. The van der Waals surface area contributed by atoms with Crippen molar-refractivity contribution in [1.29, 1.82) is 0 Å². The molecule has 0 aliphatic carbocycles. The normalized spacial score (nSPS) is 11.8. The number of alkyl halides is 3. The molecule has 0 aliphatic heterocycles. The Labute approximate surface area is 219 Å². The maximum Gasteiger partial charge on any atom is 0.416 e. The fraction of sp³-hybridized carbons (Fsp3) is 0.130. The lowest BCUT2D eigenvalue weighted by molar-refractivity contribution is -0.385. The van der Waals surface area contributed by atoms with E-state index in [1.54, 1.807) is 0 Å². The molecule has 0 saturated carbocycles. The number of sulfonamides is 1. The van der Waals surface area contributed by atoms with Gasteiger partial charge in [0.2, 0.25) is 0 Å². The number of nitro benzene ring substituents is 1. The highest BCUT2D eigenvalue weighted by Crippen LogP contribution is 2.37. The van der Waals surface area contributed by atoms with Crippen molar-refractivity contribution in [3.8, 4) is 5.75 Å². The zero-order valence-electron chi connectivity index (χ0n) is 19.3. The monoisotopic (exact) mass is 570 g/mol. The molecule has 1 amide bonds. The number of nitro groups is 1. The summed E-state index contributed by atoms with van der Waals surface area (Å²) in [4.78, 5) is 22.8. The van der Waals surface area contributed by atoms with E-state index in [0.29, 0.717) is 16.4 Å². The molecule has 15 heteroatoms. The number of nitrogens with one attached hydrogen (secondary N) is 1. The SMILES string of the molecule is COc1ccc(/C=N/NC(=O)CN(c2cc(C(F)(F)F)ccc2Cl)S(=O)(=O)c2ccccc2)cc1[N+](=O)[O-]. The van der Waals surface area contributed by atoms with Crippen LogP contribution in [0, 0.1) is 10.1 Å². The summed E-state index contributed by atoms with van der Waals surface area (Å²) >= 11 is 6.07. The first-order chi connectivity index (χ1) is 17.8. The molecule has 0 spiro atoms.